The first-order valence-electron chi connectivity index (χ1n) is 8.48. The van der Waals surface area contributed by atoms with Gasteiger partial charge in [-0.25, -0.2) is 0 Å². The second-order valence-corrected chi connectivity index (χ2v) is 7.13. The molecule has 0 saturated carbocycles. The number of benzene rings is 2. The highest BCUT2D eigenvalue weighted by Crippen LogP contribution is 2.28. The predicted octanol–water partition coefficient (Wildman–Crippen LogP) is 6.99. The van der Waals surface area contributed by atoms with E-state index in [0.29, 0.717) is 0 Å². The van der Waals surface area contributed by atoms with Crippen molar-refractivity contribution >= 4 is 37.7 Å². The molecule has 0 saturated heterocycles. The van der Waals surface area contributed by atoms with E-state index in [1.165, 1.54) is 72.3 Å². The van der Waals surface area contributed by atoms with Crippen LogP contribution < -0.4 is 0 Å². The number of hydrogen-bond donors (Lipinski definition) is 1. The summed E-state index contributed by atoms with van der Waals surface area (Å²) in [6.07, 6.45) is 9.35. The molecule has 3 aromatic rings. The lowest BCUT2D eigenvalue weighted by molar-refractivity contribution is 0.607. The van der Waals surface area contributed by atoms with E-state index >= 15 is 0 Å². The second kappa shape index (κ2) is 7.32. The lowest BCUT2D eigenvalue weighted by Crippen LogP contribution is -1.86. The van der Waals surface area contributed by atoms with Gasteiger partial charge in [0.2, 0.25) is 0 Å². The van der Waals surface area contributed by atoms with Crippen molar-refractivity contribution in [3.05, 3.63) is 46.4 Å². The minimum atomic E-state index is 1.12. The van der Waals surface area contributed by atoms with E-state index in [1.54, 1.807) is 0 Å². The molecule has 0 aliphatic carbocycles. The van der Waals surface area contributed by atoms with Crippen LogP contribution in [0.2, 0.25) is 0 Å². The van der Waals surface area contributed by atoms with Crippen LogP contribution in [0.1, 0.15) is 51.0 Å². The van der Waals surface area contributed by atoms with E-state index in [0.717, 1.165) is 4.47 Å². The van der Waals surface area contributed by atoms with Crippen molar-refractivity contribution in [1.82, 2.24) is 4.98 Å². The van der Waals surface area contributed by atoms with Crippen LogP contribution in [0.3, 0.4) is 0 Å². The Morgan fingerprint density at radius 2 is 1.50 bits per heavy atom. The molecule has 0 aliphatic heterocycles. The minimum absolute atomic E-state index is 1.12. The third-order valence-electron chi connectivity index (χ3n) is 4.44. The van der Waals surface area contributed by atoms with Crippen LogP contribution in [0, 0.1) is 0 Å². The van der Waals surface area contributed by atoms with Gasteiger partial charge in [-0.3, -0.25) is 0 Å². The highest BCUT2D eigenvalue weighted by atomic mass is 79.9. The Morgan fingerprint density at radius 1 is 0.818 bits per heavy atom. The topological polar surface area (TPSA) is 15.8 Å². The summed E-state index contributed by atoms with van der Waals surface area (Å²) in [5, 5.41) is 2.64. The highest BCUT2D eigenvalue weighted by molar-refractivity contribution is 9.10. The number of hydrogen-bond acceptors (Lipinski definition) is 0. The van der Waals surface area contributed by atoms with Gasteiger partial charge in [0.25, 0.3) is 0 Å². The summed E-state index contributed by atoms with van der Waals surface area (Å²) in [6, 6.07) is 13.3. The molecule has 1 aromatic heterocycles. The Balaban J connectivity index is 1.69. The standard InChI is InChI=1S/C20H24BrN/c1-2-3-4-5-6-7-8-15-9-11-17-18-12-10-16(21)14-20(18)22-19(17)13-15/h9-14,22H,2-8H2,1H3. The number of H-pyrrole nitrogens is 1. The first kappa shape index (κ1) is 15.6. The fourth-order valence-electron chi connectivity index (χ4n) is 3.19. The van der Waals surface area contributed by atoms with Crippen LogP contribution in [0.4, 0.5) is 0 Å². The van der Waals surface area contributed by atoms with Crippen molar-refractivity contribution in [3.63, 3.8) is 0 Å². The average Bonchev–Trinajstić information content (AvgIpc) is 2.87. The fourth-order valence-corrected chi connectivity index (χ4v) is 3.56. The molecule has 0 spiro atoms. The summed E-state index contributed by atoms with van der Waals surface area (Å²) in [6.45, 7) is 2.27. The van der Waals surface area contributed by atoms with Crippen molar-refractivity contribution in [3.8, 4) is 0 Å². The number of halogens is 1. The van der Waals surface area contributed by atoms with Crippen molar-refractivity contribution in [1.29, 1.82) is 0 Å². The first-order valence-corrected chi connectivity index (χ1v) is 9.27. The van der Waals surface area contributed by atoms with Crippen LogP contribution in [0.15, 0.2) is 40.9 Å². The summed E-state index contributed by atoms with van der Waals surface area (Å²) in [5.41, 5.74) is 3.92. The average molecular weight is 358 g/mol. The zero-order valence-electron chi connectivity index (χ0n) is 13.3. The molecule has 116 valence electrons. The molecular formula is C20H24BrN. The fraction of sp³-hybridized carbons (Fsp3) is 0.400. The molecule has 1 N–H and O–H groups in total. The highest BCUT2D eigenvalue weighted by Gasteiger charge is 2.05. The van der Waals surface area contributed by atoms with Crippen molar-refractivity contribution in [2.45, 2.75) is 51.9 Å². The molecule has 1 nitrogen and oxygen atoms in total. The normalized spacial score (nSPS) is 11.5. The Hall–Kier alpha value is -1.28. The van der Waals surface area contributed by atoms with Crippen molar-refractivity contribution < 1.29 is 0 Å². The molecule has 0 atom stereocenters. The lowest BCUT2D eigenvalue weighted by Gasteiger charge is -2.02. The number of nitrogens with one attached hydrogen (secondary N) is 1. The first-order chi connectivity index (χ1) is 10.8. The Labute approximate surface area is 141 Å². The van der Waals surface area contributed by atoms with Gasteiger partial charge in [-0.15, -0.1) is 0 Å². The molecule has 0 fully saturated rings. The van der Waals surface area contributed by atoms with Crippen LogP contribution in [0.25, 0.3) is 21.8 Å². The number of aromatic amines is 1. The summed E-state index contributed by atoms with van der Waals surface area (Å²) < 4.78 is 1.12. The maximum absolute atomic E-state index is 3.55. The SMILES string of the molecule is CCCCCCCCc1ccc2c(c1)[nH]c1cc(Br)ccc12. The number of rotatable bonds is 7. The third kappa shape index (κ3) is 3.55. The van der Waals surface area contributed by atoms with Crippen LogP contribution in [-0.2, 0) is 6.42 Å². The Morgan fingerprint density at radius 3 is 2.32 bits per heavy atom. The molecule has 0 unspecified atom stereocenters. The third-order valence-corrected chi connectivity index (χ3v) is 4.94. The summed E-state index contributed by atoms with van der Waals surface area (Å²) in [4.78, 5) is 3.55. The van der Waals surface area contributed by atoms with Crippen LogP contribution in [0.5, 0.6) is 0 Å². The summed E-state index contributed by atoms with van der Waals surface area (Å²) in [5.74, 6) is 0. The van der Waals surface area contributed by atoms with E-state index in [4.69, 9.17) is 0 Å². The zero-order valence-corrected chi connectivity index (χ0v) is 14.9. The lowest BCUT2D eigenvalue weighted by atomic mass is 10.0. The Bertz CT molecular complexity index is 757. The Kier molecular flexibility index (Phi) is 5.20. The molecule has 0 amide bonds. The van der Waals surface area contributed by atoms with Crippen molar-refractivity contribution in [2.75, 3.05) is 0 Å². The molecule has 1 heterocycles. The van der Waals surface area contributed by atoms with Gasteiger partial charge in [-0.05, 0) is 36.6 Å². The van der Waals surface area contributed by atoms with E-state index < -0.39 is 0 Å². The van der Waals surface area contributed by atoms with Gasteiger partial charge in [0.15, 0.2) is 0 Å². The molecule has 22 heavy (non-hydrogen) atoms. The predicted molar refractivity (Wildman–Crippen MR) is 101 cm³/mol. The molecule has 0 aliphatic rings. The zero-order chi connectivity index (χ0) is 15.4. The smallest absolute Gasteiger partial charge is 0.0476 e. The van der Waals surface area contributed by atoms with Crippen molar-refractivity contribution in [2.24, 2.45) is 0 Å². The number of aromatic nitrogens is 1. The number of fused-ring (bicyclic) bond motifs is 3. The summed E-state index contributed by atoms with van der Waals surface area (Å²) in [7, 11) is 0. The maximum atomic E-state index is 3.55. The number of unbranched alkanes of at least 4 members (excludes halogenated alkanes) is 5. The molecule has 2 heteroatoms. The second-order valence-electron chi connectivity index (χ2n) is 6.21. The largest absolute Gasteiger partial charge is 0.354 e. The van der Waals surface area contributed by atoms with E-state index in [1.807, 2.05) is 0 Å². The van der Waals surface area contributed by atoms with Gasteiger partial charge < -0.3 is 4.98 Å². The molecule has 3 rings (SSSR count). The quantitative estimate of drug-likeness (QED) is 0.438. The maximum Gasteiger partial charge on any atom is 0.0476 e. The molecular weight excluding hydrogens is 334 g/mol. The van der Waals surface area contributed by atoms with E-state index in [-0.39, 0.29) is 0 Å². The minimum Gasteiger partial charge on any atom is -0.354 e. The van der Waals surface area contributed by atoms with Crippen LogP contribution >= 0.6 is 15.9 Å². The van der Waals surface area contributed by atoms with Gasteiger partial charge in [-0.2, -0.15) is 0 Å². The van der Waals surface area contributed by atoms with Gasteiger partial charge in [0, 0.05) is 26.3 Å². The summed E-state index contributed by atoms with van der Waals surface area (Å²) >= 11 is 3.54. The molecule has 0 radical (unpaired) electrons. The van der Waals surface area contributed by atoms with Gasteiger partial charge in [-0.1, -0.05) is 73.2 Å². The van der Waals surface area contributed by atoms with Crippen LogP contribution in [-0.4, -0.2) is 4.98 Å². The number of aryl methyl sites for hydroxylation is 1. The molecule has 0 bridgehead atoms. The van der Waals surface area contributed by atoms with Gasteiger partial charge in [0.1, 0.15) is 0 Å². The van der Waals surface area contributed by atoms with Gasteiger partial charge >= 0.3 is 0 Å². The molecule has 2 aromatic carbocycles. The van der Waals surface area contributed by atoms with Gasteiger partial charge in [0.05, 0.1) is 0 Å². The van der Waals surface area contributed by atoms with E-state index in [2.05, 4.69) is 64.2 Å². The van der Waals surface area contributed by atoms with E-state index in [9.17, 15) is 0 Å². The monoisotopic (exact) mass is 357 g/mol.